The van der Waals surface area contributed by atoms with E-state index in [4.69, 9.17) is 37.0 Å². The third-order valence-corrected chi connectivity index (χ3v) is 16.0. The lowest BCUT2D eigenvalue weighted by molar-refractivity contribution is -0.161. The molecule has 19 heteroatoms. The largest absolute Gasteiger partial charge is 0.472 e. The molecular weight excluding hydrogens is 1230 g/mol. The van der Waals surface area contributed by atoms with E-state index < -0.39 is 97.5 Å². The first kappa shape index (κ1) is 89.2. The van der Waals surface area contributed by atoms with Crippen molar-refractivity contribution in [1.29, 1.82) is 0 Å². The van der Waals surface area contributed by atoms with Crippen LogP contribution in [0.25, 0.3) is 0 Å². The van der Waals surface area contributed by atoms with Crippen molar-refractivity contribution in [3.05, 3.63) is 134 Å². The van der Waals surface area contributed by atoms with Crippen molar-refractivity contribution < 1.29 is 80.2 Å². The van der Waals surface area contributed by atoms with Gasteiger partial charge < -0.3 is 33.8 Å². The normalized spacial score (nSPS) is 14.8. The SMILES string of the molecule is CC/C=C\C/C=C\C/C=C\C/C=C\C/C=C\CC(=O)OCC(COP(=O)(O)OCC(O)COP(=O)(O)OCC(COC(=O)CCCC/C=C\C/C=C\C/C=C\C/C=C\CC)OC(=O)CCCCCCCCCCCCC)OC(=O)CCCCCCC/C=C\C/C=C\CCC. The molecule has 0 heterocycles. The van der Waals surface area contributed by atoms with Gasteiger partial charge in [-0.25, -0.2) is 9.13 Å². The summed E-state index contributed by atoms with van der Waals surface area (Å²) in [6, 6.07) is 0. The summed E-state index contributed by atoms with van der Waals surface area (Å²) < 4.78 is 68.0. The summed E-state index contributed by atoms with van der Waals surface area (Å²) in [5, 5.41) is 10.6. The molecule has 17 nitrogen and oxygen atoms in total. The minimum absolute atomic E-state index is 0.0553. The summed E-state index contributed by atoms with van der Waals surface area (Å²) >= 11 is 0. The second-order valence-electron chi connectivity index (χ2n) is 23.1. The number of rotatable bonds is 65. The van der Waals surface area contributed by atoms with Gasteiger partial charge in [0, 0.05) is 19.3 Å². The Morgan fingerprint density at radius 2 is 0.617 bits per heavy atom. The van der Waals surface area contributed by atoms with Gasteiger partial charge in [-0.2, -0.15) is 0 Å². The van der Waals surface area contributed by atoms with Gasteiger partial charge in [0.1, 0.15) is 19.3 Å². The molecule has 0 aliphatic rings. The van der Waals surface area contributed by atoms with E-state index in [0.29, 0.717) is 25.7 Å². The van der Waals surface area contributed by atoms with E-state index in [1.54, 1.807) is 6.08 Å². The number of aliphatic hydroxyl groups excluding tert-OH is 1. The Kier molecular flexibility index (Phi) is 63.4. The second kappa shape index (κ2) is 66.8. The van der Waals surface area contributed by atoms with Crippen molar-refractivity contribution in [3.8, 4) is 0 Å². The third-order valence-electron chi connectivity index (χ3n) is 14.1. The Balaban J connectivity index is 5.44. The number of hydrogen-bond donors (Lipinski definition) is 3. The van der Waals surface area contributed by atoms with E-state index in [2.05, 4.69) is 137 Å². The van der Waals surface area contributed by atoms with E-state index in [1.165, 1.54) is 38.5 Å². The van der Waals surface area contributed by atoms with Crippen LogP contribution >= 0.6 is 15.6 Å². The van der Waals surface area contributed by atoms with Crippen LogP contribution in [0.15, 0.2) is 134 Å². The van der Waals surface area contributed by atoms with Crippen molar-refractivity contribution in [3.63, 3.8) is 0 Å². The van der Waals surface area contributed by atoms with Crippen molar-refractivity contribution >= 4 is 39.5 Å². The number of phosphoric ester groups is 2. The number of aliphatic hydroxyl groups is 1. The van der Waals surface area contributed by atoms with Gasteiger partial charge in [-0.15, -0.1) is 0 Å². The minimum atomic E-state index is -5.00. The predicted molar refractivity (Wildman–Crippen MR) is 381 cm³/mol. The average molecular weight is 1360 g/mol. The number of carbonyl (C=O) groups is 4. The van der Waals surface area contributed by atoms with Crippen molar-refractivity contribution in [2.75, 3.05) is 39.6 Å². The van der Waals surface area contributed by atoms with Crippen LogP contribution in [-0.4, -0.2) is 96.7 Å². The molecule has 0 rings (SSSR count). The zero-order chi connectivity index (χ0) is 69.0. The molecule has 0 amide bonds. The van der Waals surface area contributed by atoms with Gasteiger partial charge in [0.15, 0.2) is 12.2 Å². The van der Waals surface area contributed by atoms with Crippen LogP contribution in [0.3, 0.4) is 0 Å². The first-order valence-corrected chi connectivity index (χ1v) is 38.4. The van der Waals surface area contributed by atoms with Crippen LogP contribution in [0.4, 0.5) is 0 Å². The Bertz CT molecular complexity index is 2310. The molecule has 5 unspecified atom stereocenters. The topological polar surface area (TPSA) is 237 Å². The Morgan fingerprint density at radius 1 is 0.319 bits per heavy atom. The molecule has 0 spiro atoms. The van der Waals surface area contributed by atoms with E-state index in [0.717, 1.165) is 141 Å². The molecular formula is C75H124O17P2. The standard InChI is InChI=1S/C75H124O17P2/c1-5-9-13-17-21-25-29-32-34-37-40-43-47-51-55-59-72(77)85-65-70(91-74(79)61-57-53-49-45-39-28-24-20-16-12-8-4)67-89-93(81,82)87-63-69(76)64-88-94(83,84)90-68-71(92-75(80)62-58-54-50-46-42-36-31-27-23-19-15-11-7-3)66-86-73(78)60-56-52-48-44-41-38-35-33-30-26-22-18-14-10-6-2/h9-10,13-15,19,21-22,25-27,31-35,40-41,43-44,52,56,69-71,76H,5-8,11-12,16-18,20,23-24,28-30,36-39,42,45-51,53-55,57-68H2,1-4H3,(H,81,82)(H,83,84)/b13-9-,14-10-,19-15-,25-21-,26-22-,31-27-,34-32-,35-33-,43-40-,44-41-,56-52-. The first-order valence-electron chi connectivity index (χ1n) is 35.4. The van der Waals surface area contributed by atoms with Gasteiger partial charge in [0.25, 0.3) is 0 Å². The summed E-state index contributed by atoms with van der Waals surface area (Å²) in [6.07, 6.45) is 72.2. The van der Waals surface area contributed by atoms with Crippen LogP contribution in [0.1, 0.15) is 259 Å². The van der Waals surface area contributed by atoms with Gasteiger partial charge in [-0.05, 0) is 116 Å². The first-order chi connectivity index (χ1) is 45.7. The number of hydrogen-bond acceptors (Lipinski definition) is 15. The Hall–Kier alpha value is -4.80. The average Bonchev–Trinajstić information content (AvgIpc) is 1.55. The summed E-state index contributed by atoms with van der Waals surface area (Å²) in [4.78, 5) is 72.5. The second-order valence-corrected chi connectivity index (χ2v) is 26.0. The van der Waals surface area contributed by atoms with Crippen LogP contribution < -0.4 is 0 Å². The van der Waals surface area contributed by atoms with E-state index in [1.807, 2.05) is 18.2 Å². The highest BCUT2D eigenvalue weighted by molar-refractivity contribution is 7.47. The van der Waals surface area contributed by atoms with E-state index in [-0.39, 0.29) is 25.7 Å². The molecule has 3 N–H and O–H groups in total. The zero-order valence-corrected chi connectivity index (χ0v) is 59.9. The molecule has 0 radical (unpaired) electrons. The van der Waals surface area contributed by atoms with Gasteiger partial charge in [0.05, 0.1) is 32.8 Å². The molecule has 0 bridgehead atoms. The molecule has 0 saturated carbocycles. The highest BCUT2D eigenvalue weighted by Crippen LogP contribution is 2.45. The number of esters is 4. The lowest BCUT2D eigenvalue weighted by atomic mass is 10.1. The Labute approximate surface area is 567 Å². The molecule has 0 fully saturated rings. The molecule has 94 heavy (non-hydrogen) atoms. The fourth-order valence-electron chi connectivity index (χ4n) is 8.79. The highest BCUT2D eigenvalue weighted by Gasteiger charge is 2.30. The van der Waals surface area contributed by atoms with Crippen molar-refractivity contribution in [1.82, 2.24) is 0 Å². The molecule has 0 aliphatic heterocycles. The lowest BCUT2D eigenvalue weighted by Gasteiger charge is -2.21. The fraction of sp³-hybridized carbons (Fsp3) is 0.653. The monoisotopic (exact) mass is 1360 g/mol. The molecule has 536 valence electrons. The molecule has 0 saturated heterocycles. The number of unbranched alkanes of at least 4 members (excludes halogenated alkanes) is 18. The lowest BCUT2D eigenvalue weighted by Crippen LogP contribution is -2.30. The van der Waals surface area contributed by atoms with Gasteiger partial charge in [0.2, 0.25) is 0 Å². The summed E-state index contributed by atoms with van der Waals surface area (Å²) in [5.41, 5.74) is 0. The third kappa shape index (κ3) is 65.8. The van der Waals surface area contributed by atoms with Gasteiger partial charge in [-0.3, -0.25) is 37.3 Å². The van der Waals surface area contributed by atoms with Crippen molar-refractivity contribution in [2.45, 2.75) is 277 Å². The van der Waals surface area contributed by atoms with Crippen molar-refractivity contribution in [2.24, 2.45) is 0 Å². The minimum Gasteiger partial charge on any atom is -0.462 e. The van der Waals surface area contributed by atoms with E-state index in [9.17, 15) is 43.2 Å². The molecule has 5 atom stereocenters. The van der Waals surface area contributed by atoms with Crippen LogP contribution in [0, 0.1) is 0 Å². The van der Waals surface area contributed by atoms with Gasteiger partial charge >= 0.3 is 39.5 Å². The number of allylic oxidation sites excluding steroid dienone is 21. The zero-order valence-electron chi connectivity index (χ0n) is 58.1. The maximum atomic E-state index is 13.0. The summed E-state index contributed by atoms with van der Waals surface area (Å²) in [5.74, 6) is -2.39. The Morgan fingerprint density at radius 3 is 1.01 bits per heavy atom. The summed E-state index contributed by atoms with van der Waals surface area (Å²) in [7, 11) is -9.98. The quantitative estimate of drug-likeness (QED) is 0.0169. The van der Waals surface area contributed by atoms with Crippen LogP contribution in [0.5, 0.6) is 0 Å². The highest BCUT2D eigenvalue weighted by atomic mass is 31.2. The van der Waals surface area contributed by atoms with Crippen LogP contribution in [0.2, 0.25) is 0 Å². The van der Waals surface area contributed by atoms with Gasteiger partial charge in [-0.1, -0.05) is 251 Å². The molecule has 0 aromatic carbocycles. The smallest absolute Gasteiger partial charge is 0.462 e. The fourth-order valence-corrected chi connectivity index (χ4v) is 10.4. The maximum absolute atomic E-state index is 13.0. The van der Waals surface area contributed by atoms with Crippen LogP contribution in [-0.2, 0) is 65.4 Å². The molecule has 0 aromatic rings. The number of ether oxygens (including phenoxy) is 4. The maximum Gasteiger partial charge on any atom is 0.472 e. The van der Waals surface area contributed by atoms with E-state index >= 15 is 0 Å². The summed E-state index contributed by atoms with van der Waals surface area (Å²) in [6.45, 7) is 4.36. The number of phosphoric acid groups is 2. The predicted octanol–water partition coefficient (Wildman–Crippen LogP) is 19.8. The molecule has 0 aliphatic carbocycles. The number of carbonyl (C=O) groups excluding carboxylic acids is 4. The molecule has 0 aromatic heterocycles.